The molecule has 0 aliphatic carbocycles. The van der Waals surface area contributed by atoms with Crippen LogP contribution in [0.25, 0.3) is 0 Å². The van der Waals surface area contributed by atoms with E-state index in [1.54, 1.807) is 0 Å². The zero-order valence-electron chi connectivity index (χ0n) is 43.7. The van der Waals surface area contributed by atoms with Gasteiger partial charge in [0.2, 0.25) is 35.7 Å². The van der Waals surface area contributed by atoms with E-state index in [0.717, 1.165) is 51.6 Å². The Hall–Kier alpha value is -4.32. The molecule has 0 amide bonds. The molecule has 2 aromatic rings. The van der Waals surface area contributed by atoms with E-state index in [1.807, 2.05) is 28.2 Å². The van der Waals surface area contributed by atoms with E-state index in [9.17, 15) is 19.8 Å². The normalized spacial score (nSPS) is 11.7. The van der Waals surface area contributed by atoms with Crippen LogP contribution < -0.4 is 31.9 Å². The van der Waals surface area contributed by atoms with Crippen molar-refractivity contribution in [2.45, 2.75) is 181 Å². The van der Waals surface area contributed by atoms with Gasteiger partial charge in [-0.25, -0.2) is 9.59 Å². The van der Waals surface area contributed by atoms with Crippen LogP contribution in [0.1, 0.15) is 181 Å². The molecule has 2 heterocycles. The first-order valence-electron chi connectivity index (χ1n) is 26.8. The van der Waals surface area contributed by atoms with Crippen LogP contribution in [-0.4, -0.2) is 155 Å². The first-order chi connectivity index (χ1) is 32.8. The molecule has 0 fully saturated rings. The molecule has 0 saturated carbocycles. The van der Waals surface area contributed by atoms with Crippen molar-refractivity contribution in [3.8, 4) is 0 Å². The molecular formula is C50H98N14O4+2. The molecule has 390 valence electrons. The maximum Gasteiger partial charge on any atom is 0.359 e. The second kappa shape index (κ2) is 37.6. The molecule has 0 radical (unpaired) electrons. The fraction of sp³-hybridized carbons (Fsp3) is 0.840. The highest BCUT2D eigenvalue weighted by atomic mass is 16.4. The number of aromatic nitrogens is 6. The number of rotatable bonds is 47. The molecule has 2 aromatic heterocycles. The van der Waals surface area contributed by atoms with E-state index >= 15 is 0 Å². The van der Waals surface area contributed by atoms with E-state index in [1.165, 1.54) is 128 Å². The Morgan fingerprint density at radius 2 is 0.544 bits per heavy atom. The van der Waals surface area contributed by atoms with Gasteiger partial charge in [0, 0.05) is 52.1 Å². The average Bonchev–Trinajstić information content (AvgIpc) is 3.28. The van der Waals surface area contributed by atoms with Crippen molar-refractivity contribution in [1.82, 2.24) is 29.9 Å². The van der Waals surface area contributed by atoms with Gasteiger partial charge in [0.15, 0.2) is 13.1 Å². The highest BCUT2D eigenvalue weighted by Gasteiger charge is 2.20. The molecule has 0 atom stereocenters. The van der Waals surface area contributed by atoms with Crippen molar-refractivity contribution in [3.05, 3.63) is 0 Å². The lowest BCUT2D eigenvalue weighted by Crippen LogP contribution is -2.45. The molecule has 18 heteroatoms. The van der Waals surface area contributed by atoms with E-state index in [4.69, 9.17) is 0 Å². The zero-order valence-corrected chi connectivity index (χ0v) is 43.7. The lowest BCUT2D eigenvalue weighted by molar-refractivity contribution is -0.883. The molecular weight excluding hydrogens is 861 g/mol. The van der Waals surface area contributed by atoms with Gasteiger partial charge in [0.25, 0.3) is 0 Å². The van der Waals surface area contributed by atoms with Gasteiger partial charge in [-0.15, -0.1) is 0 Å². The molecule has 0 saturated heterocycles. The standard InChI is InChI=1S/C50H96N14O4/c1-7-9-11-13-15-17-19-21-23-25-27-29-33-51-45-57-47(53-35-31-39-63(3,4)41-43(65)66)61-49(59-45)55-37-38-56-50-60-46(52-34-30-28-26-24-22-20-18-16-14-12-10-8-2)58-48(62-50)54-36-32-40-64(5,6)42-44(67)68/h7-42H2,1-6H3,(H6-2,51,52,53,54,55,56,57,58,59,60,61,62,65,66,67,68)/p+2. The van der Waals surface area contributed by atoms with Crippen LogP contribution in [0.2, 0.25) is 0 Å². The van der Waals surface area contributed by atoms with Gasteiger partial charge >= 0.3 is 11.9 Å². The molecule has 0 bridgehead atoms. The predicted molar refractivity (Wildman–Crippen MR) is 281 cm³/mol. The Labute approximate surface area is 411 Å². The second-order valence-electron chi connectivity index (χ2n) is 20.1. The lowest BCUT2D eigenvalue weighted by atomic mass is 10.1. The highest BCUT2D eigenvalue weighted by molar-refractivity contribution is 5.68. The summed E-state index contributed by atoms with van der Waals surface area (Å²) in [5, 5.41) is 38.7. The van der Waals surface area contributed by atoms with Crippen molar-refractivity contribution in [1.29, 1.82) is 0 Å². The molecule has 0 aliphatic rings. The Morgan fingerprint density at radius 1 is 0.338 bits per heavy atom. The minimum Gasteiger partial charge on any atom is -0.477 e. The summed E-state index contributed by atoms with van der Waals surface area (Å²) in [6, 6.07) is 0. The summed E-state index contributed by atoms with van der Waals surface area (Å²) >= 11 is 0. The third-order valence-electron chi connectivity index (χ3n) is 12.2. The van der Waals surface area contributed by atoms with Crippen LogP contribution in [0, 0.1) is 0 Å². The minimum absolute atomic E-state index is 0.0643. The minimum atomic E-state index is -0.811. The number of hydrogen-bond acceptors (Lipinski definition) is 14. The number of carboxylic acids is 2. The van der Waals surface area contributed by atoms with Crippen molar-refractivity contribution < 1.29 is 28.8 Å². The molecule has 8 N–H and O–H groups in total. The Morgan fingerprint density at radius 3 is 0.779 bits per heavy atom. The largest absolute Gasteiger partial charge is 0.477 e. The van der Waals surface area contributed by atoms with Crippen LogP contribution in [0.3, 0.4) is 0 Å². The monoisotopic (exact) mass is 959 g/mol. The van der Waals surface area contributed by atoms with Gasteiger partial charge in [0.1, 0.15) is 0 Å². The molecule has 18 nitrogen and oxygen atoms in total. The Balaban J connectivity index is 1.97. The van der Waals surface area contributed by atoms with E-state index in [0.29, 0.717) is 83.9 Å². The maximum atomic E-state index is 11.3. The van der Waals surface area contributed by atoms with Crippen LogP contribution in [0.4, 0.5) is 35.7 Å². The summed E-state index contributed by atoms with van der Waals surface area (Å²) in [6.45, 7) is 9.74. The van der Waals surface area contributed by atoms with Crippen LogP contribution in [0.5, 0.6) is 0 Å². The summed E-state index contributed by atoms with van der Waals surface area (Å²) in [6.07, 6.45) is 32.6. The average molecular weight is 959 g/mol. The Kier molecular flexibility index (Phi) is 33.0. The van der Waals surface area contributed by atoms with Gasteiger partial charge < -0.3 is 51.1 Å². The van der Waals surface area contributed by atoms with Gasteiger partial charge in [-0.3, -0.25) is 0 Å². The molecule has 0 unspecified atom stereocenters. The number of anilines is 6. The number of aliphatic carboxylic acids is 2. The van der Waals surface area contributed by atoms with Crippen molar-refractivity contribution >= 4 is 47.6 Å². The maximum absolute atomic E-state index is 11.3. The number of nitrogens with one attached hydrogen (secondary N) is 6. The molecule has 0 spiro atoms. The van der Waals surface area contributed by atoms with Gasteiger partial charge in [0.05, 0.1) is 41.3 Å². The number of nitrogens with zero attached hydrogens (tertiary/aromatic N) is 8. The lowest BCUT2D eigenvalue weighted by Gasteiger charge is -2.27. The molecule has 0 aromatic carbocycles. The van der Waals surface area contributed by atoms with Gasteiger partial charge in [-0.2, -0.15) is 29.9 Å². The third-order valence-corrected chi connectivity index (χ3v) is 12.2. The van der Waals surface area contributed by atoms with Crippen molar-refractivity contribution in [2.75, 3.05) is 126 Å². The SMILES string of the molecule is CCCCCCCCCCCCCCNc1nc(NCCC[N+](C)(C)CC(=O)O)nc(NCCNc2nc(NCCCCCCCCCCCCCC)nc(NCCC[N+](C)(C)CC(=O)O)n2)n1. The molecule has 2 rings (SSSR count). The number of hydrogen-bond donors (Lipinski definition) is 8. The van der Waals surface area contributed by atoms with Crippen LogP contribution in [0.15, 0.2) is 0 Å². The first-order valence-corrected chi connectivity index (χ1v) is 26.8. The fourth-order valence-electron chi connectivity index (χ4n) is 8.21. The topological polar surface area (TPSA) is 224 Å². The number of unbranched alkanes of at least 4 members (excludes halogenated alkanes) is 22. The predicted octanol–water partition coefficient (Wildman–Crippen LogP) is 9.73. The number of likely N-dealkylation sites (N-methyl/N-ethyl adjacent to an activating group) is 2. The first kappa shape index (κ1) is 59.8. The van der Waals surface area contributed by atoms with Crippen molar-refractivity contribution in [2.24, 2.45) is 0 Å². The molecule has 0 aliphatic heterocycles. The van der Waals surface area contributed by atoms with Crippen LogP contribution >= 0.6 is 0 Å². The van der Waals surface area contributed by atoms with Gasteiger partial charge in [-0.05, 0) is 12.8 Å². The zero-order chi connectivity index (χ0) is 49.6. The Bertz CT molecular complexity index is 1490. The smallest absolute Gasteiger partial charge is 0.359 e. The van der Waals surface area contributed by atoms with E-state index < -0.39 is 11.9 Å². The summed E-state index contributed by atoms with van der Waals surface area (Å²) < 4.78 is 0.782. The second-order valence-corrected chi connectivity index (χ2v) is 20.1. The van der Waals surface area contributed by atoms with Crippen molar-refractivity contribution in [3.63, 3.8) is 0 Å². The summed E-state index contributed by atoms with van der Waals surface area (Å²) in [5.41, 5.74) is 0. The number of carboxylic acid groups (broad SMARTS) is 2. The summed E-state index contributed by atoms with van der Waals surface area (Å²) in [7, 11) is 7.68. The summed E-state index contributed by atoms with van der Waals surface area (Å²) in [4.78, 5) is 50.6. The number of carbonyl (C=O) groups is 2. The highest BCUT2D eigenvalue weighted by Crippen LogP contribution is 2.16. The van der Waals surface area contributed by atoms with Crippen LogP contribution in [-0.2, 0) is 9.59 Å². The van der Waals surface area contributed by atoms with E-state index in [2.05, 4.69) is 75.7 Å². The summed E-state index contributed by atoms with van der Waals surface area (Å²) in [5.74, 6) is 1.18. The molecule has 68 heavy (non-hydrogen) atoms. The fourth-order valence-corrected chi connectivity index (χ4v) is 8.21. The quantitative estimate of drug-likeness (QED) is 0.0228. The number of quaternary nitrogens is 2. The van der Waals surface area contributed by atoms with E-state index in [-0.39, 0.29) is 13.1 Å². The third kappa shape index (κ3) is 33.2. The van der Waals surface area contributed by atoms with Gasteiger partial charge in [-0.1, -0.05) is 155 Å².